The van der Waals surface area contributed by atoms with E-state index >= 15 is 0 Å². The molecule has 2 heterocycles. The lowest BCUT2D eigenvalue weighted by atomic mass is 10.1. The second-order valence-electron chi connectivity index (χ2n) is 5.38. The van der Waals surface area contributed by atoms with Gasteiger partial charge in [-0.05, 0) is 23.7 Å². The smallest absolute Gasteiger partial charge is 0.401 e. The summed E-state index contributed by atoms with van der Waals surface area (Å²) in [6.07, 6.45) is 3.57. The van der Waals surface area contributed by atoms with Gasteiger partial charge in [0.25, 0.3) is 0 Å². The molecule has 158 valence electrons. The normalized spacial score (nSPS) is 13.0. The second-order valence-corrected chi connectivity index (χ2v) is 5.84. The van der Waals surface area contributed by atoms with Gasteiger partial charge in [0.1, 0.15) is 18.1 Å². The number of benzene rings is 1. The van der Waals surface area contributed by atoms with Crippen LogP contribution in [0.5, 0.6) is 11.5 Å². The van der Waals surface area contributed by atoms with Crippen LogP contribution in [0.25, 0.3) is 6.08 Å². The van der Waals surface area contributed by atoms with E-state index in [-0.39, 0.29) is 20.2 Å². The topological polar surface area (TPSA) is 83.1 Å². The number of hydrogen-bond acceptors (Lipinski definition) is 9. The fourth-order valence-electron chi connectivity index (χ4n) is 1.91. The van der Waals surface area contributed by atoms with Crippen LogP contribution in [0.3, 0.4) is 0 Å². The lowest BCUT2D eigenvalue weighted by Crippen LogP contribution is -2.35. The van der Waals surface area contributed by atoms with Crippen LogP contribution in [0.15, 0.2) is 24.3 Å². The van der Waals surface area contributed by atoms with Crippen molar-refractivity contribution < 1.29 is 42.9 Å². The average molecular weight is 421 g/mol. The second kappa shape index (κ2) is 13.0. The molecular weight excluding hydrogens is 396 g/mol. The summed E-state index contributed by atoms with van der Waals surface area (Å²) in [5.41, 5.74) is -1.10. The third-order valence-corrected chi connectivity index (χ3v) is 3.61. The first-order chi connectivity index (χ1) is 13.7. The molecular formula is C18H25ClO9. The van der Waals surface area contributed by atoms with E-state index in [1.165, 1.54) is 0 Å². The van der Waals surface area contributed by atoms with Crippen LogP contribution in [0.2, 0.25) is 0 Å². The molecule has 2 aliphatic heterocycles. The first-order valence-electron chi connectivity index (χ1n) is 8.56. The van der Waals surface area contributed by atoms with Crippen LogP contribution in [0.1, 0.15) is 5.56 Å². The summed E-state index contributed by atoms with van der Waals surface area (Å²) in [6, 6.07) is 5.76. The van der Waals surface area contributed by atoms with Crippen molar-refractivity contribution in [3.63, 3.8) is 0 Å². The zero-order valence-electron chi connectivity index (χ0n) is 15.9. The lowest BCUT2D eigenvalue weighted by molar-refractivity contribution is -0.482. The number of halogens is 1. The van der Waals surface area contributed by atoms with Crippen molar-refractivity contribution in [1.82, 2.24) is 0 Å². The number of rotatable bonds is 17. The van der Waals surface area contributed by atoms with Crippen LogP contribution in [0, 0.1) is 0 Å². The SMILES string of the molecule is COCCOCOC(Cl)(OCOCCOC)OOC/C=C/c1ccc2cc1O2. The van der Waals surface area contributed by atoms with Crippen LogP contribution in [-0.4, -0.2) is 66.3 Å². The summed E-state index contributed by atoms with van der Waals surface area (Å²) >= 11 is 6.14. The first kappa shape index (κ1) is 23.0. The zero-order chi connectivity index (χ0) is 20.1. The summed E-state index contributed by atoms with van der Waals surface area (Å²) in [5, 5.41) is 0. The van der Waals surface area contributed by atoms with Gasteiger partial charge in [0.15, 0.2) is 13.6 Å². The Hall–Kier alpha value is -1.27. The van der Waals surface area contributed by atoms with Gasteiger partial charge in [0, 0.05) is 25.8 Å². The van der Waals surface area contributed by atoms with Gasteiger partial charge in [-0.15, -0.1) is 0 Å². The molecule has 2 aliphatic rings. The molecule has 1 aromatic rings. The van der Waals surface area contributed by atoms with Gasteiger partial charge >= 0.3 is 5.43 Å². The molecule has 0 unspecified atom stereocenters. The monoisotopic (exact) mass is 420 g/mol. The number of alkyl halides is 1. The first-order valence-corrected chi connectivity index (χ1v) is 8.94. The van der Waals surface area contributed by atoms with Gasteiger partial charge in [-0.3, -0.25) is 9.47 Å². The Morgan fingerprint density at radius 1 is 1.00 bits per heavy atom. The predicted molar refractivity (Wildman–Crippen MR) is 98.7 cm³/mol. The van der Waals surface area contributed by atoms with Gasteiger partial charge in [-0.2, -0.15) is 4.89 Å². The molecule has 3 rings (SSSR count). The third-order valence-electron chi connectivity index (χ3n) is 3.33. The van der Waals surface area contributed by atoms with Gasteiger partial charge in [-0.1, -0.05) is 12.2 Å². The maximum Gasteiger partial charge on any atom is 0.401 e. The Morgan fingerprint density at radius 2 is 1.64 bits per heavy atom. The molecule has 28 heavy (non-hydrogen) atoms. The van der Waals surface area contributed by atoms with E-state index in [1.807, 2.05) is 24.3 Å². The van der Waals surface area contributed by atoms with Crippen molar-refractivity contribution in [2.24, 2.45) is 0 Å². The summed E-state index contributed by atoms with van der Waals surface area (Å²) in [6.45, 7) is 1.16. The predicted octanol–water partition coefficient (Wildman–Crippen LogP) is 2.88. The Labute approximate surface area is 168 Å². The van der Waals surface area contributed by atoms with Gasteiger partial charge in [-0.25, -0.2) is 4.89 Å². The maximum absolute atomic E-state index is 6.14. The highest BCUT2D eigenvalue weighted by atomic mass is 35.5. The van der Waals surface area contributed by atoms with Crippen LogP contribution >= 0.6 is 11.6 Å². The largest absolute Gasteiger partial charge is 0.456 e. The Balaban J connectivity index is 1.70. The van der Waals surface area contributed by atoms with Crippen molar-refractivity contribution >= 4 is 17.7 Å². The Morgan fingerprint density at radius 3 is 2.18 bits per heavy atom. The highest BCUT2D eigenvalue weighted by Crippen LogP contribution is 2.38. The molecule has 0 saturated heterocycles. The number of ether oxygens (including phenoxy) is 7. The summed E-state index contributed by atoms with van der Waals surface area (Å²) < 4.78 is 35.9. The summed E-state index contributed by atoms with van der Waals surface area (Å²) in [7, 11) is 3.13. The molecule has 0 saturated carbocycles. The number of fused-ring (bicyclic) bond motifs is 2. The van der Waals surface area contributed by atoms with E-state index in [4.69, 9.17) is 54.5 Å². The van der Waals surface area contributed by atoms with E-state index in [2.05, 4.69) is 0 Å². The minimum atomic E-state index is -2.03. The molecule has 0 aromatic heterocycles. The van der Waals surface area contributed by atoms with Crippen LogP contribution < -0.4 is 4.74 Å². The highest BCUT2D eigenvalue weighted by Gasteiger charge is 2.33. The van der Waals surface area contributed by atoms with Gasteiger partial charge < -0.3 is 23.7 Å². The molecule has 9 nitrogen and oxygen atoms in total. The molecule has 0 amide bonds. The Bertz CT molecular complexity index is 579. The zero-order valence-corrected chi connectivity index (χ0v) is 16.6. The van der Waals surface area contributed by atoms with Crippen molar-refractivity contribution in [3.05, 3.63) is 29.8 Å². The van der Waals surface area contributed by atoms with Gasteiger partial charge in [0.05, 0.1) is 26.4 Å². The molecule has 0 fully saturated rings. The fourth-order valence-corrected chi connectivity index (χ4v) is 2.04. The van der Waals surface area contributed by atoms with Crippen LogP contribution in [-0.2, 0) is 38.2 Å². The standard InChI is InChI=1S/C18H25ClO9/c1-20-8-10-22-13-24-18(19,25-14-23-11-9-21-2)28-26-7-3-4-15-5-6-16-12-17(15)27-16/h3-6,12H,7-11,13-14H2,1-2H3/b4-3+. The quantitative estimate of drug-likeness (QED) is 0.126. The van der Waals surface area contributed by atoms with Gasteiger partial charge in [0.2, 0.25) is 0 Å². The third kappa shape index (κ3) is 8.39. The molecule has 0 atom stereocenters. The molecule has 10 heteroatoms. The molecule has 0 aliphatic carbocycles. The summed E-state index contributed by atoms with van der Waals surface area (Å²) in [4.78, 5) is 10.1. The molecule has 0 spiro atoms. The molecule has 0 radical (unpaired) electrons. The average Bonchev–Trinajstić information content (AvgIpc) is 2.67. The van der Waals surface area contributed by atoms with E-state index in [0.717, 1.165) is 17.1 Å². The highest BCUT2D eigenvalue weighted by molar-refractivity contribution is 6.20. The Kier molecular flexibility index (Phi) is 10.7. The van der Waals surface area contributed by atoms with Crippen LogP contribution in [0.4, 0.5) is 0 Å². The number of hydrogen-bond donors (Lipinski definition) is 0. The van der Waals surface area contributed by atoms with E-state index in [1.54, 1.807) is 20.3 Å². The fraction of sp³-hybridized carbons (Fsp3) is 0.556. The van der Waals surface area contributed by atoms with Crippen molar-refractivity contribution in [2.75, 3.05) is 60.8 Å². The summed E-state index contributed by atoms with van der Waals surface area (Å²) in [5.74, 6) is 1.67. The number of methoxy groups -OCH3 is 2. The van der Waals surface area contributed by atoms with Crippen molar-refractivity contribution in [3.8, 4) is 11.5 Å². The van der Waals surface area contributed by atoms with Crippen molar-refractivity contribution in [2.45, 2.75) is 5.43 Å². The minimum Gasteiger partial charge on any atom is -0.456 e. The maximum atomic E-state index is 6.14. The minimum absolute atomic E-state index is 0.0947. The van der Waals surface area contributed by atoms with E-state index < -0.39 is 5.43 Å². The van der Waals surface area contributed by atoms with E-state index in [9.17, 15) is 0 Å². The molecule has 2 bridgehead atoms. The molecule has 1 aromatic carbocycles. The van der Waals surface area contributed by atoms with E-state index in [0.29, 0.717) is 26.4 Å². The van der Waals surface area contributed by atoms with Crippen molar-refractivity contribution in [1.29, 1.82) is 0 Å². The molecule has 0 N–H and O–H groups in total. The lowest BCUT2D eigenvalue weighted by Gasteiger charge is -2.24.